The SMILES string of the molecule is Cc1nccn1-c1ccc(CNC(=O)CCNS(=O)(=O)c2ccc(C(C)(C)C)cc2)cc1F. The number of carbonyl (C=O) groups excluding carboxylic acids is 1. The standard InChI is InChI=1S/C24H29FN4O3S/c1-17-26-13-14-29(17)22-10-5-18(15-21(22)25)16-27-23(30)11-12-28-33(31,32)20-8-6-19(7-9-20)24(2,3)4/h5-10,13-15,28H,11-12,16H2,1-4H3,(H,27,30). The smallest absolute Gasteiger partial charge is 0.240 e. The van der Waals surface area contributed by atoms with Gasteiger partial charge in [0.2, 0.25) is 15.9 Å². The van der Waals surface area contributed by atoms with Gasteiger partial charge in [-0.1, -0.05) is 39.0 Å². The number of aryl methyl sites for hydroxylation is 1. The summed E-state index contributed by atoms with van der Waals surface area (Å²) in [5, 5.41) is 2.68. The molecular formula is C24H29FN4O3S. The Morgan fingerprint density at radius 1 is 1.12 bits per heavy atom. The van der Waals surface area contributed by atoms with Crippen LogP contribution in [0.4, 0.5) is 4.39 Å². The molecule has 2 N–H and O–H groups in total. The van der Waals surface area contributed by atoms with Crippen LogP contribution in [0.15, 0.2) is 59.8 Å². The van der Waals surface area contributed by atoms with Crippen LogP contribution >= 0.6 is 0 Å². The molecule has 0 aliphatic rings. The van der Waals surface area contributed by atoms with Gasteiger partial charge in [0.25, 0.3) is 0 Å². The Morgan fingerprint density at radius 2 is 1.82 bits per heavy atom. The van der Waals surface area contributed by atoms with Gasteiger partial charge in [-0.2, -0.15) is 0 Å². The molecule has 1 heterocycles. The zero-order valence-corrected chi connectivity index (χ0v) is 20.0. The van der Waals surface area contributed by atoms with Crippen LogP contribution in [-0.4, -0.2) is 30.4 Å². The Labute approximate surface area is 194 Å². The number of benzene rings is 2. The molecule has 0 unspecified atom stereocenters. The van der Waals surface area contributed by atoms with Crippen molar-refractivity contribution in [3.05, 3.63) is 77.6 Å². The molecule has 0 saturated heterocycles. The van der Waals surface area contributed by atoms with Crippen LogP contribution in [0, 0.1) is 12.7 Å². The summed E-state index contributed by atoms with van der Waals surface area (Å²) in [5.74, 6) is -0.0913. The van der Waals surface area contributed by atoms with E-state index in [2.05, 4.69) is 35.8 Å². The normalized spacial score (nSPS) is 12.0. The molecular weight excluding hydrogens is 443 g/mol. The number of amides is 1. The number of rotatable bonds is 8. The molecule has 9 heteroatoms. The molecule has 33 heavy (non-hydrogen) atoms. The fourth-order valence-electron chi connectivity index (χ4n) is 3.29. The van der Waals surface area contributed by atoms with Crippen molar-refractivity contribution in [1.29, 1.82) is 0 Å². The molecule has 176 valence electrons. The maximum Gasteiger partial charge on any atom is 0.240 e. The molecule has 0 fully saturated rings. The van der Waals surface area contributed by atoms with Gasteiger partial charge in [0, 0.05) is 31.9 Å². The van der Waals surface area contributed by atoms with Gasteiger partial charge in [-0.15, -0.1) is 0 Å². The molecule has 0 radical (unpaired) electrons. The number of nitrogens with one attached hydrogen (secondary N) is 2. The van der Waals surface area contributed by atoms with E-state index in [1.54, 1.807) is 60.3 Å². The minimum atomic E-state index is -3.71. The minimum absolute atomic E-state index is 0.0336. The van der Waals surface area contributed by atoms with E-state index in [1.807, 2.05) is 0 Å². The highest BCUT2D eigenvalue weighted by molar-refractivity contribution is 7.89. The van der Waals surface area contributed by atoms with Crippen LogP contribution in [0.1, 0.15) is 44.1 Å². The number of halogens is 1. The lowest BCUT2D eigenvalue weighted by Gasteiger charge is -2.19. The van der Waals surface area contributed by atoms with Gasteiger partial charge in [-0.3, -0.25) is 4.79 Å². The lowest BCUT2D eigenvalue weighted by Crippen LogP contribution is -2.30. The summed E-state index contributed by atoms with van der Waals surface area (Å²) in [5.41, 5.74) is 1.94. The number of imidazole rings is 1. The van der Waals surface area contributed by atoms with E-state index >= 15 is 0 Å². The molecule has 0 aliphatic heterocycles. The van der Waals surface area contributed by atoms with E-state index in [1.165, 1.54) is 6.07 Å². The third-order valence-corrected chi connectivity index (χ3v) is 6.74. The van der Waals surface area contributed by atoms with Gasteiger partial charge in [0.05, 0.1) is 10.6 Å². The Bertz CT molecular complexity index is 1230. The lowest BCUT2D eigenvalue weighted by molar-refractivity contribution is -0.121. The van der Waals surface area contributed by atoms with Crippen LogP contribution < -0.4 is 10.0 Å². The molecule has 7 nitrogen and oxygen atoms in total. The number of hydrogen-bond acceptors (Lipinski definition) is 4. The van der Waals surface area contributed by atoms with Crippen molar-refractivity contribution in [3.8, 4) is 5.69 Å². The predicted octanol–water partition coefficient (Wildman–Crippen LogP) is 3.60. The average molecular weight is 473 g/mol. The van der Waals surface area contributed by atoms with Crippen LogP contribution in [0.5, 0.6) is 0 Å². The van der Waals surface area contributed by atoms with Gasteiger partial charge in [0.1, 0.15) is 11.6 Å². The van der Waals surface area contributed by atoms with Crippen LogP contribution in [0.2, 0.25) is 0 Å². The fraction of sp³-hybridized carbons (Fsp3) is 0.333. The summed E-state index contributed by atoms with van der Waals surface area (Å²) in [7, 11) is -3.71. The second kappa shape index (κ2) is 9.84. The minimum Gasteiger partial charge on any atom is -0.352 e. The van der Waals surface area contributed by atoms with E-state index in [0.29, 0.717) is 17.1 Å². The third kappa shape index (κ3) is 6.27. The summed E-state index contributed by atoms with van der Waals surface area (Å²) >= 11 is 0. The quantitative estimate of drug-likeness (QED) is 0.524. The maximum atomic E-state index is 14.5. The van der Waals surface area contributed by atoms with E-state index in [4.69, 9.17) is 0 Å². The molecule has 1 amide bonds. The van der Waals surface area contributed by atoms with E-state index in [9.17, 15) is 17.6 Å². The van der Waals surface area contributed by atoms with E-state index < -0.39 is 15.8 Å². The molecule has 3 aromatic rings. The third-order valence-electron chi connectivity index (χ3n) is 5.26. The number of aromatic nitrogens is 2. The Kier molecular flexibility index (Phi) is 7.34. The zero-order chi connectivity index (χ0) is 24.2. The highest BCUT2D eigenvalue weighted by Crippen LogP contribution is 2.23. The first-order valence-corrected chi connectivity index (χ1v) is 12.1. The summed E-state index contributed by atoms with van der Waals surface area (Å²) in [6.07, 6.45) is 3.24. The van der Waals surface area contributed by atoms with Gasteiger partial charge >= 0.3 is 0 Å². The number of hydrogen-bond donors (Lipinski definition) is 2. The van der Waals surface area contributed by atoms with Gasteiger partial charge < -0.3 is 9.88 Å². The Balaban J connectivity index is 1.49. The Morgan fingerprint density at radius 3 is 2.39 bits per heavy atom. The van der Waals surface area contributed by atoms with Crippen LogP contribution in [0.3, 0.4) is 0 Å². The van der Waals surface area contributed by atoms with Crippen LogP contribution in [-0.2, 0) is 26.8 Å². The van der Waals surface area contributed by atoms with Crippen LogP contribution in [0.25, 0.3) is 5.69 Å². The molecule has 1 aromatic heterocycles. The first kappa shape index (κ1) is 24.6. The monoisotopic (exact) mass is 472 g/mol. The molecule has 0 spiro atoms. The number of carbonyl (C=O) groups is 1. The summed E-state index contributed by atoms with van der Waals surface area (Å²) in [6, 6.07) is 11.4. The first-order valence-electron chi connectivity index (χ1n) is 10.6. The summed E-state index contributed by atoms with van der Waals surface area (Å²) in [4.78, 5) is 16.4. The van der Waals surface area contributed by atoms with Crippen molar-refractivity contribution in [2.75, 3.05) is 6.54 Å². The largest absolute Gasteiger partial charge is 0.352 e. The summed E-state index contributed by atoms with van der Waals surface area (Å²) in [6.45, 7) is 8.04. The first-order chi connectivity index (χ1) is 15.5. The van der Waals surface area contributed by atoms with Crippen molar-refractivity contribution in [2.24, 2.45) is 0 Å². The number of nitrogens with zero attached hydrogens (tertiary/aromatic N) is 2. The van der Waals surface area contributed by atoms with Gasteiger partial charge in [-0.25, -0.2) is 22.5 Å². The average Bonchev–Trinajstić information content (AvgIpc) is 3.17. The fourth-order valence-corrected chi connectivity index (χ4v) is 4.33. The highest BCUT2D eigenvalue weighted by Gasteiger charge is 2.17. The van der Waals surface area contributed by atoms with E-state index in [-0.39, 0.29) is 35.7 Å². The van der Waals surface area contributed by atoms with Crippen molar-refractivity contribution >= 4 is 15.9 Å². The van der Waals surface area contributed by atoms with Crippen molar-refractivity contribution < 1.29 is 17.6 Å². The molecule has 0 saturated carbocycles. The van der Waals surface area contributed by atoms with Crippen molar-refractivity contribution in [2.45, 2.75) is 51.0 Å². The van der Waals surface area contributed by atoms with Gasteiger partial charge in [-0.05, 0) is 47.7 Å². The summed E-state index contributed by atoms with van der Waals surface area (Å²) < 4.78 is 43.5. The van der Waals surface area contributed by atoms with E-state index in [0.717, 1.165) is 5.56 Å². The van der Waals surface area contributed by atoms with Crippen molar-refractivity contribution in [3.63, 3.8) is 0 Å². The highest BCUT2D eigenvalue weighted by atomic mass is 32.2. The van der Waals surface area contributed by atoms with Crippen molar-refractivity contribution in [1.82, 2.24) is 19.6 Å². The number of sulfonamides is 1. The molecule has 2 aromatic carbocycles. The molecule has 3 rings (SSSR count). The second-order valence-electron chi connectivity index (χ2n) is 8.83. The molecule has 0 atom stereocenters. The molecule has 0 bridgehead atoms. The Hall–Kier alpha value is -3.04. The molecule has 0 aliphatic carbocycles. The second-order valence-corrected chi connectivity index (χ2v) is 10.6. The topological polar surface area (TPSA) is 93.1 Å². The predicted molar refractivity (Wildman–Crippen MR) is 125 cm³/mol. The lowest BCUT2D eigenvalue weighted by atomic mass is 9.87. The maximum absolute atomic E-state index is 14.5. The van der Waals surface area contributed by atoms with Gasteiger partial charge in [0.15, 0.2) is 0 Å². The zero-order valence-electron chi connectivity index (χ0n) is 19.2.